The minimum atomic E-state index is -0.0108. The zero-order chi connectivity index (χ0) is 8.72. The second-order valence-corrected chi connectivity index (χ2v) is 3.22. The Labute approximate surface area is 77.9 Å². The predicted molar refractivity (Wildman–Crippen MR) is 46.5 cm³/mol. The van der Waals surface area contributed by atoms with Gasteiger partial charge in [-0.25, -0.2) is 9.97 Å². The van der Waals surface area contributed by atoms with E-state index < -0.39 is 0 Å². The first-order chi connectivity index (χ1) is 5.66. The van der Waals surface area contributed by atoms with Gasteiger partial charge in [0, 0.05) is 12.1 Å². The molecule has 0 aliphatic rings. The van der Waals surface area contributed by atoms with E-state index in [1.54, 1.807) is 12.1 Å². The highest BCUT2D eigenvalue weighted by atomic mass is 35.5. The summed E-state index contributed by atoms with van der Waals surface area (Å²) in [6.45, 7) is 0. The fourth-order valence-electron chi connectivity index (χ4n) is 1.04. The monoisotopic (exact) mass is 203 g/mol. The largest absolute Gasteiger partial charge is 0.450 e. The third-order valence-electron chi connectivity index (χ3n) is 1.57. The van der Waals surface area contributed by atoms with Crippen molar-refractivity contribution in [2.24, 2.45) is 0 Å². The highest BCUT2D eigenvalue weighted by molar-refractivity contribution is 6.42. The second-order valence-electron chi connectivity index (χ2n) is 2.41. The van der Waals surface area contributed by atoms with Crippen LogP contribution in [0, 0.1) is 0 Å². The number of aromatic amines is 2. The summed E-state index contributed by atoms with van der Waals surface area (Å²) in [7, 11) is 0. The molecule has 0 bridgehead atoms. The van der Waals surface area contributed by atoms with E-state index in [9.17, 15) is 0 Å². The number of aromatic nitrogens is 2. The molecule has 0 radical (unpaired) electrons. The second kappa shape index (κ2) is 2.54. The third-order valence-corrected chi connectivity index (χ3v) is 2.29. The van der Waals surface area contributed by atoms with Crippen molar-refractivity contribution in [1.29, 1.82) is 0 Å². The number of H-pyrrole nitrogens is 2. The topological polar surface area (TPSA) is 50.2 Å². The van der Waals surface area contributed by atoms with Gasteiger partial charge in [0.05, 0.1) is 10.0 Å². The molecule has 0 aliphatic heterocycles. The van der Waals surface area contributed by atoms with Crippen LogP contribution in [-0.2, 0) is 0 Å². The van der Waals surface area contributed by atoms with E-state index >= 15 is 0 Å². The normalized spacial score (nSPS) is 10.8. The molecule has 0 saturated heterocycles. The van der Waals surface area contributed by atoms with Gasteiger partial charge in [-0.2, -0.15) is 0 Å². The first-order valence-corrected chi connectivity index (χ1v) is 4.01. The molecular weight excluding hydrogens is 199 g/mol. The van der Waals surface area contributed by atoms with E-state index in [0.29, 0.717) is 10.0 Å². The molecule has 0 atom stereocenters. The predicted octanol–water partition coefficient (Wildman–Crippen LogP) is 1.99. The molecule has 2 rings (SSSR count). The van der Waals surface area contributed by atoms with Crippen LogP contribution in [0.5, 0.6) is 6.01 Å². The zero-order valence-corrected chi connectivity index (χ0v) is 7.37. The number of imidazole rings is 1. The fraction of sp³-hybridized carbons (Fsp3) is 0. The zero-order valence-electron chi connectivity index (χ0n) is 5.86. The van der Waals surface area contributed by atoms with Crippen LogP contribution in [0.2, 0.25) is 10.0 Å². The van der Waals surface area contributed by atoms with Crippen LogP contribution in [-0.4, -0.2) is 10.1 Å². The molecule has 1 aromatic heterocycles. The first-order valence-electron chi connectivity index (χ1n) is 3.26. The number of nitrogens with one attached hydrogen (secondary N) is 2. The highest BCUT2D eigenvalue weighted by Gasteiger charge is 2.10. The van der Waals surface area contributed by atoms with E-state index in [4.69, 9.17) is 28.3 Å². The summed E-state index contributed by atoms with van der Waals surface area (Å²) in [6.07, 6.45) is 0. The van der Waals surface area contributed by atoms with E-state index in [-0.39, 0.29) is 6.01 Å². The Balaban J connectivity index is 2.83. The molecule has 3 N–H and O–H groups in total. The molecule has 0 fully saturated rings. The number of fused-ring (bicyclic) bond motifs is 1. The fourth-order valence-corrected chi connectivity index (χ4v) is 1.37. The smallest absolute Gasteiger partial charge is 0.447 e. The molecule has 12 heavy (non-hydrogen) atoms. The molecule has 0 spiro atoms. The Morgan fingerprint density at radius 1 is 1.25 bits per heavy atom. The van der Waals surface area contributed by atoms with Crippen molar-refractivity contribution in [1.82, 2.24) is 4.98 Å². The molecule has 0 saturated carbocycles. The lowest BCUT2D eigenvalue weighted by atomic mass is 10.3. The average molecular weight is 204 g/mol. The van der Waals surface area contributed by atoms with Crippen LogP contribution >= 0.6 is 23.2 Å². The molecule has 0 amide bonds. The van der Waals surface area contributed by atoms with Crippen LogP contribution in [0.3, 0.4) is 0 Å². The Kier molecular flexibility index (Phi) is 1.63. The summed E-state index contributed by atoms with van der Waals surface area (Å²) in [4.78, 5) is 5.37. The molecular formula is C7H5Cl2N2O+. The maximum atomic E-state index is 9.04. The van der Waals surface area contributed by atoms with Gasteiger partial charge in [-0.3, -0.25) is 0 Å². The number of benzene rings is 1. The lowest BCUT2D eigenvalue weighted by Gasteiger charge is -1.89. The van der Waals surface area contributed by atoms with E-state index in [2.05, 4.69) is 9.97 Å². The van der Waals surface area contributed by atoms with Crippen LogP contribution in [0.15, 0.2) is 12.1 Å². The van der Waals surface area contributed by atoms with Crippen LogP contribution in [0.1, 0.15) is 0 Å². The molecule has 2 aromatic rings. The summed E-state index contributed by atoms with van der Waals surface area (Å²) >= 11 is 11.5. The van der Waals surface area contributed by atoms with Gasteiger partial charge in [-0.05, 0) is 0 Å². The number of aromatic hydroxyl groups is 1. The van der Waals surface area contributed by atoms with Gasteiger partial charge in [-0.15, -0.1) is 0 Å². The first kappa shape index (κ1) is 7.71. The highest BCUT2D eigenvalue weighted by Crippen LogP contribution is 2.25. The molecule has 1 heterocycles. The van der Waals surface area contributed by atoms with E-state index in [1.165, 1.54) is 0 Å². The Morgan fingerprint density at radius 3 is 2.67 bits per heavy atom. The number of halogens is 2. The van der Waals surface area contributed by atoms with Gasteiger partial charge in [0.15, 0.2) is 11.0 Å². The molecule has 62 valence electrons. The Hall–Kier alpha value is -0.930. The van der Waals surface area contributed by atoms with Crippen LogP contribution in [0.25, 0.3) is 11.0 Å². The lowest BCUT2D eigenvalue weighted by molar-refractivity contribution is -0.363. The van der Waals surface area contributed by atoms with Crippen molar-refractivity contribution in [3.63, 3.8) is 0 Å². The van der Waals surface area contributed by atoms with Crippen molar-refractivity contribution in [2.45, 2.75) is 0 Å². The summed E-state index contributed by atoms with van der Waals surface area (Å²) < 4.78 is 0. The third kappa shape index (κ3) is 1.11. The minimum Gasteiger partial charge on any atom is -0.447 e. The van der Waals surface area contributed by atoms with Gasteiger partial charge in [0.1, 0.15) is 0 Å². The molecule has 0 unspecified atom stereocenters. The van der Waals surface area contributed by atoms with Gasteiger partial charge >= 0.3 is 6.01 Å². The van der Waals surface area contributed by atoms with Gasteiger partial charge in [-0.1, -0.05) is 23.2 Å². The van der Waals surface area contributed by atoms with Crippen molar-refractivity contribution >= 4 is 34.2 Å². The Morgan fingerprint density at radius 2 is 1.92 bits per heavy atom. The molecule has 1 aromatic carbocycles. The molecule has 3 nitrogen and oxygen atoms in total. The quantitative estimate of drug-likeness (QED) is 0.677. The van der Waals surface area contributed by atoms with Crippen molar-refractivity contribution in [2.75, 3.05) is 0 Å². The minimum absolute atomic E-state index is 0.0108. The standard InChI is InChI=1S/C7H4Cl2N2O/c8-3-1-5-6(2-4(3)9)11-7(12)10-5/h1-2H,(H2,10,11,12)/p+1. The Bertz CT molecular complexity index is 399. The van der Waals surface area contributed by atoms with Crippen LogP contribution < -0.4 is 4.98 Å². The summed E-state index contributed by atoms with van der Waals surface area (Å²) in [6, 6.07) is 3.29. The van der Waals surface area contributed by atoms with E-state index in [0.717, 1.165) is 11.0 Å². The van der Waals surface area contributed by atoms with Crippen molar-refractivity contribution in [3.05, 3.63) is 22.2 Å². The lowest BCUT2D eigenvalue weighted by Crippen LogP contribution is -1.95. The van der Waals surface area contributed by atoms with E-state index in [1.807, 2.05) is 0 Å². The van der Waals surface area contributed by atoms with Crippen LogP contribution in [0.4, 0.5) is 0 Å². The summed E-state index contributed by atoms with van der Waals surface area (Å²) in [5.41, 5.74) is 1.45. The molecule has 0 aliphatic carbocycles. The van der Waals surface area contributed by atoms with Gasteiger partial charge in [0.2, 0.25) is 0 Å². The van der Waals surface area contributed by atoms with Gasteiger partial charge in [0.25, 0.3) is 0 Å². The number of rotatable bonds is 0. The number of hydrogen-bond donors (Lipinski definition) is 2. The van der Waals surface area contributed by atoms with Gasteiger partial charge < -0.3 is 5.11 Å². The average Bonchev–Trinajstić information content (AvgIpc) is 2.30. The molecule has 5 heteroatoms. The summed E-state index contributed by atoms with van der Waals surface area (Å²) in [5.74, 6) is 0. The summed E-state index contributed by atoms with van der Waals surface area (Å²) in [5, 5.41) is 9.96. The van der Waals surface area contributed by atoms with Crippen molar-refractivity contribution in [3.8, 4) is 6.01 Å². The maximum absolute atomic E-state index is 9.04. The van der Waals surface area contributed by atoms with Crippen molar-refractivity contribution < 1.29 is 10.1 Å². The SMILES string of the molecule is Oc1[nH]c2cc(Cl)c(Cl)cc2[nH+]1. The number of hydrogen-bond acceptors (Lipinski definition) is 1. The maximum Gasteiger partial charge on any atom is 0.450 e.